The zero-order chi connectivity index (χ0) is 14.8. The maximum Gasteiger partial charge on any atom is 0.417 e. The van der Waals surface area contributed by atoms with Crippen LogP contribution in [0.5, 0.6) is 0 Å². The Kier molecular flexibility index (Phi) is 4.31. The van der Waals surface area contributed by atoms with E-state index in [2.05, 4.69) is 4.98 Å². The molecule has 0 aliphatic heterocycles. The van der Waals surface area contributed by atoms with Crippen LogP contribution < -0.4 is 0 Å². The topological polar surface area (TPSA) is 36.7 Å². The van der Waals surface area contributed by atoms with Crippen molar-refractivity contribution in [3.63, 3.8) is 0 Å². The number of rotatable bonds is 3. The highest BCUT2D eigenvalue weighted by atomic mass is 35.5. The molecule has 2 aromatic heterocycles. The number of alkyl halides is 3. The van der Waals surface area contributed by atoms with Crippen LogP contribution in [0, 0.1) is 11.3 Å². The summed E-state index contributed by atoms with van der Waals surface area (Å²) in [4.78, 5) is 4.68. The summed E-state index contributed by atoms with van der Waals surface area (Å²) >= 11 is 7.31. The molecular weight excluding hydrogens is 309 g/mol. The van der Waals surface area contributed by atoms with Crippen LogP contribution in [0.3, 0.4) is 0 Å². The van der Waals surface area contributed by atoms with Crippen molar-refractivity contribution in [2.24, 2.45) is 0 Å². The molecule has 0 N–H and O–H groups in total. The van der Waals surface area contributed by atoms with Crippen molar-refractivity contribution >= 4 is 22.9 Å². The minimum atomic E-state index is -4.49. The molecule has 0 radical (unpaired) electrons. The van der Waals surface area contributed by atoms with Gasteiger partial charge < -0.3 is 0 Å². The molecule has 2 nitrogen and oxygen atoms in total. The summed E-state index contributed by atoms with van der Waals surface area (Å²) in [6, 6.07) is 6.54. The standard InChI is InChI=1S/C13H8ClF3N2S/c14-11-5-9(13(15,16)17)7-19-12(11)8(6-18)4-10-2-1-3-20-10/h1-3,5,7-8H,4H2/t8-/m1/s1. The molecule has 0 saturated carbocycles. The SMILES string of the molecule is N#C[C@@H](Cc1cccs1)c1ncc(C(F)(F)F)cc1Cl. The van der Waals surface area contributed by atoms with Crippen LogP contribution in [-0.4, -0.2) is 4.98 Å². The molecule has 7 heteroatoms. The van der Waals surface area contributed by atoms with Crippen molar-refractivity contribution in [1.29, 1.82) is 5.26 Å². The monoisotopic (exact) mass is 316 g/mol. The molecule has 2 rings (SSSR count). The van der Waals surface area contributed by atoms with Gasteiger partial charge in [0.25, 0.3) is 0 Å². The Hall–Kier alpha value is -1.58. The molecule has 2 aromatic rings. The normalized spacial score (nSPS) is 12.9. The van der Waals surface area contributed by atoms with Crippen LogP contribution in [0.2, 0.25) is 5.02 Å². The second-order valence-electron chi connectivity index (χ2n) is 4.05. The average molecular weight is 317 g/mol. The first kappa shape index (κ1) is 14.8. The Labute approximate surface area is 122 Å². The van der Waals surface area contributed by atoms with Gasteiger partial charge in [-0.25, -0.2) is 0 Å². The van der Waals surface area contributed by atoms with Gasteiger partial charge >= 0.3 is 6.18 Å². The molecule has 0 spiro atoms. The van der Waals surface area contributed by atoms with Gasteiger partial charge in [0.2, 0.25) is 0 Å². The minimum absolute atomic E-state index is 0.136. The van der Waals surface area contributed by atoms with E-state index in [-0.39, 0.29) is 10.7 Å². The highest BCUT2D eigenvalue weighted by Gasteiger charge is 2.32. The van der Waals surface area contributed by atoms with E-state index in [0.29, 0.717) is 12.6 Å². The zero-order valence-corrected chi connectivity index (χ0v) is 11.6. The quantitative estimate of drug-likeness (QED) is 0.825. The summed E-state index contributed by atoms with van der Waals surface area (Å²) in [5.41, 5.74) is -0.741. The minimum Gasteiger partial charge on any atom is -0.258 e. The van der Waals surface area contributed by atoms with Gasteiger partial charge in [0.15, 0.2) is 0 Å². The summed E-state index contributed by atoms with van der Waals surface area (Å²) < 4.78 is 37.6. The molecule has 0 aromatic carbocycles. The summed E-state index contributed by atoms with van der Waals surface area (Å²) in [5, 5.41) is 10.9. The second kappa shape index (κ2) is 5.81. The van der Waals surface area contributed by atoms with Gasteiger partial charge in [0.1, 0.15) is 0 Å². The first-order valence-corrected chi connectivity index (χ1v) is 6.82. The number of halogens is 4. The zero-order valence-electron chi connectivity index (χ0n) is 9.99. The van der Waals surface area contributed by atoms with Crippen LogP contribution in [0.4, 0.5) is 13.2 Å². The fourth-order valence-electron chi connectivity index (χ4n) is 1.69. The van der Waals surface area contributed by atoms with Crippen molar-refractivity contribution in [2.45, 2.75) is 18.5 Å². The summed E-state index contributed by atoms with van der Waals surface area (Å²) in [5.74, 6) is -0.663. The number of aromatic nitrogens is 1. The Balaban J connectivity index is 2.29. The average Bonchev–Trinajstić information content (AvgIpc) is 2.88. The molecule has 0 saturated heterocycles. The number of thiophene rings is 1. The smallest absolute Gasteiger partial charge is 0.258 e. The van der Waals surface area contributed by atoms with Crippen LogP contribution in [0.25, 0.3) is 0 Å². The van der Waals surface area contributed by atoms with Gasteiger partial charge in [-0.3, -0.25) is 4.98 Å². The lowest BCUT2D eigenvalue weighted by Crippen LogP contribution is -2.09. The fraction of sp³-hybridized carbons (Fsp3) is 0.231. The molecule has 20 heavy (non-hydrogen) atoms. The molecule has 0 fully saturated rings. The molecule has 0 aliphatic carbocycles. The lowest BCUT2D eigenvalue weighted by molar-refractivity contribution is -0.137. The molecule has 104 valence electrons. The Morgan fingerprint density at radius 2 is 2.20 bits per heavy atom. The van der Waals surface area contributed by atoms with E-state index in [4.69, 9.17) is 16.9 Å². The predicted molar refractivity (Wildman–Crippen MR) is 70.6 cm³/mol. The highest BCUT2D eigenvalue weighted by molar-refractivity contribution is 7.09. The van der Waals surface area contributed by atoms with E-state index in [9.17, 15) is 13.2 Å². The Bertz CT molecular complexity index is 632. The van der Waals surface area contributed by atoms with Crippen LogP contribution in [0.15, 0.2) is 29.8 Å². The van der Waals surface area contributed by atoms with Crippen molar-refractivity contribution in [3.8, 4) is 6.07 Å². The highest BCUT2D eigenvalue weighted by Crippen LogP contribution is 2.33. The molecule has 0 aliphatic rings. The maximum atomic E-state index is 12.5. The van der Waals surface area contributed by atoms with Crippen molar-refractivity contribution in [2.75, 3.05) is 0 Å². The lowest BCUT2D eigenvalue weighted by atomic mass is 10.0. The molecular formula is C13H8ClF3N2S. The molecule has 0 amide bonds. The Morgan fingerprint density at radius 3 is 2.70 bits per heavy atom. The molecule has 0 unspecified atom stereocenters. The first-order chi connectivity index (χ1) is 9.41. The van der Waals surface area contributed by atoms with Gasteiger partial charge in [-0.2, -0.15) is 18.4 Å². The molecule has 1 atom stereocenters. The third-order valence-electron chi connectivity index (χ3n) is 2.67. The summed E-state index contributed by atoms with van der Waals surface area (Å²) in [6.07, 6.45) is -3.41. The van der Waals surface area contributed by atoms with Gasteiger partial charge in [0.05, 0.1) is 28.3 Å². The predicted octanol–water partition coefficient (Wildman–Crippen LogP) is 4.67. The summed E-state index contributed by atoms with van der Waals surface area (Å²) in [6.45, 7) is 0. The van der Waals surface area contributed by atoms with Crippen molar-refractivity contribution < 1.29 is 13.2 Å². The second-order valence-corrected chi connectivity index (χ2v) is 5.49. The third kappa shape index (κ3) is 3.30. The van der Waals surface area contributed by atoms with Crippen molar-refractivity contribution in [3.05, 3.63) is 50.9 Å². The molecule has 2 heterocycles. The largest absolute Gasteiger partial charge is 0.417 e. The number of pyridine rings is 1. The van der Waals surface area contributed by atoms with E-state index >= 15 is 0 Å². The van der Waals surface area contributed by atoms with Gasteiger partial charge in [-0.15, -0.1) is 11.3 Å². The molecule has 0 bridgehead atoms. The number of nitrogens with zero attached hydrogens (tertiary/aromatic N) is 2. The summed E-state index contributed by atoms with van der Waals surface area (Å²) in [7, 11) is 0. The van der Waals surface area contributed by atoms with Crippen LogP contribution >= 0.6 is 22.9 Å². The number of hydrogen-bond donors (Lipinski definition) is 0. The third-order valence-corrected chi connectivity index (χ3v) is 3.87. The van der Waals surface area contributed by atoms with Crippen molar-refractivity contribution in [1.82, 2.24) is 4.98 Å². The van der Waals surface area contributed by atoms with Gasteiger partial charge in [0, 0.05) is 17.5 Å². The van der Waals surface area contributed by atoms with E-state index < -0.39 is 17.7 Å². The van der Waals surface area contributed by atoms with E-state index in [1.54, 1.807) is 0 Å². The lowest BCUT2D eigenvalue weighted by Gasteiger charge is -2.12. The van der Waals surface area contributed by atoms with Gasteiger partial charge in [-0.05, 0) is 17.5 Å². The Morgan fingerprint density at radius 1 is 1.45 bits per heavy atom. The first-order valence-electron chi connectivity index (χ1n) is 5.56. The van der Waals surface area contributed by atoms with E-state index in [1.807, 2.05) is 23.6 Å². The fourth-order valence-corrected chi connectivity index (χ4v) is 2.74. The van der Waals surface area contributed by atoms with Gasteiger partial charge in [-0.1, -0.05) is 17.7 Å². The maximum absolute atomic E-state index is 12.5. The number of hydrogen-bond acceptors (Lipinski definition) is 3. The van der Waals surface area contributed by atoms with Crippen LogP contribution in [-0.2, 0) is 12.6 Å². The number of nitriles is 1. The van der Waals surface area contributed by atoms with E-state index in [1.165, 1.54) is 11.3 Å². The van der Waals surface area contributed by atoms with Crippen LogP contribution in [0.1, 0.15) is 22.1 Å². The van der Waals surface area contributed by atoms with E-state index in [0.717, 1.165) is 10.9 Å².